The number of hydrogen-bond acceptors (Lipinski definition) is 4. The minimum absolute atomic E-state index is 0.000543. The summed E-state index contributed by atoms with van der Waals surface area (Å²) in [5.74, 6) is 0. The Bertz CT molecular complexity index is 1060. The molecule has 3 aromatic carbocycles. The molecule has 8 heteroatoms. The first-order valence-electron chi connectivity index (χ1n) is 8.72. The molecule has 0 aliphatic rings. The van der Waals surface area contributed by atoms with Gasteiger partial charge in [-0.15, -0.1) is 0 Å². The highest BCUT2D eigenvalue weighted by Crippen LogP contribution is 2.29. The number of nitrogens with zero attached hydrogens (tertiary/aromatic N) is 2. The van der Waals surface area contributed by atoms with Gasteiger partial charge in [-0.2, -0.15) is 13.2 Å². The van der Waals surface area contributed by atoms with Gasteiger partial charge in [0, 0.05) is 22.6 Å². The molecule has 0 radical (unpaired) electrons. The molecule has 0 aliphatic carbocycles. The molecule has 0 fully saturated rings. The van der Waals surface area contributed by atoms with Crippen LogP contribution in [0.15, 0.2) is 100 Å². The van der Waals surface area contributed by atoms with Gasteiger partial charge < -0.3 is 0 Å². The zero-order valence-electron chi connectivity index (χ0n) is 15.4. The van der Waals surface area contributed by atoms with Gasteiger partial charge in [-0.05, 0) is 47.9 Å². The van der Waals surface area contributed by atoms with Gasteiger partial charge in [-0.3, -0.25) is 10.1 Å². The topological polar surface area (TPSA) is 55.5 Å². The molecular formula is C22H15F3N2O2S. The molecule has 0 saturated heterocycles. The van der Waals surface area contributed by atoms with Crippen molar-refractivity contribution in [2.24, 2.45) is 4.99 Å². The molecule has 0 unspecified atom stereocenters. The Morgan fingerprint density at radius 1 is 0.933 bits per heavy atom. The molecule has 30 heavy (non-hydrogen) atoms. The number of allylic oxidation sites excluding steroid dienone is 1. The predicted molar refractivity (Wildman–Crippen MR) is 112 cm³/mol. The normalized spacial score (nSPS) is 12.3. The highest BCUT2D eigenvalue weighted by Gasteiger charge is 2.30. The van der Waals surface area contributed by atoms with E-state index in [0.717, 1.165) is 17.0 Å². The van der Waals surface area contributed by atoms with Crippen LogP contribution in [-0.2, 0) is 6.18 Å². The van der Waals surface area contributed by atoms with Crippen molar-refractivity contribution in [2.45, 2.75) is 11.1 Å². The second-order valence-electron chi connectivity index (χ2n) is 6.08. The van der Waals surface area contributed by atoms with Crippen LogP contribution < -0.4 is 0 Å². The lowest BCUT2D eigenvalue weighted by Gasteiger charge is -2.08. The number of hydrogen-bond donors (Lipinski definition) is 0. The van der Waals surface area contributed by atoms with E-state index in [-0.39, 0.29) is 5.69 Å². The maximum absolute atomic E-state index is 12.8. The highest BCUT2D eigenvalue weighted by atomic mass is 32.2. The maximum atomic E-state index is 12.8. The van der Waals surface area contributed by atoms with Crippen LogP contribution in [0.2, 0.25) is 0 Å². The summed E-state index contributed by atoms with van der Waals surface area (Å²) < 4.78 is 38.5. The quantitative estimate of drug-likeness (QED) is 0.183. The van der Waals surface area contributed by atoms with Crippen molar-refractivity contribution < 1.29 is 18.1 Å². The largest absolute Gasteiger partial charge is 0.416 e. The van der Waals surface area contributed by atoms with E-state index >= 15 is 0 Å². The van der Waals surface area contributed by atoms with Crippen molar-refractivity contribution >= 4 is 28.8 Å². The van der Waals surface area contributed by atoms with Crippen molar-refractivity contribution in [3.63, 3.8) is 0 Å². The monoisotopic (exact) mass is 428 g/mol. The third-order valence-corrected chi connectivity index (χ3v) is 4.81. The van der Waals surface area contributed by atoms with Gasteiger partial charge in [0.05, 0.1) is 21.9 Å². The summed E-state index contributed by atoms with van der Waals surface area (Å²) in [6.45, 7) is 0. The van der Waals surface area contributed by atoms with E-state index in [2.05, 4.69) is 4.99 Å². The van der Waals surface area contributed by atoms with Crippen molar-refractivity contribution in [1.29, 1.82) is 0 Å². The number of para-hydroxylation sites is 1. The average molecular weight is 428 g/mol. The number of alkyl halides is 3. The van der Waals surface area contributed by atoms with Gasteiger partial charge in [0.2, 0.25) is 0 Å². The summed E-state index contributed by atoms with van der Waals surface area (Å²) in [5.41, 5.74) is 0.961. The number of rotatable bonds is 6. The number of aliphatic imine (C=N–C) groups is 1. The maximum Gasteiger partial charge on any atom is 0.416 e. The number of benzene rings is 3. The van der Waals surface area contributed by atoms with Gasteiger partial charge in [-0.1, -0.05) is 42.1 Å². The third kappa shape index (κ3) is 5.81. The van der Waals surface area contributed by atoms with Gasteiger partial charge in [0.1, 0.15) is 0 Å². The Balaban J connectivity index is 1.85. The fourth-order valence-corrected chi connectivity index (χ4v) is 3.14. The van der Waals surface area contributed by atoms with Crippen LogP contribution in [0.25, 0.3) is 0 Å². The van der Waals surface area contributed by atoms with Gasteiger partial charge >= 0.3 is 6.18 Å². The van der Waals surface area contributed by atoms with Crippen molar-refractivity contribution in [2.75, 3.05) is 0 Å². The summed E-state index contributed by atoms with van der Waals surface area (Å²) in [6.07, 6.45) is -2.71. The van der Waals surface area contributed by atoms with Gasteiger partial charge in [-0.25, -0.2) is 4.99 Å². The van der Waals surface area contributed by atoms with Crippen molar-refractivity contribution in [1.82, 2.24) is 0 Å². The first-order chi connectivity index (χ1) is 14.3. The number of nitro groups is 1. The molecule has 0 saturated carbocycles. The molecule has 0 heterocycles. The fourth-order valence-electron chi connectivity index (χ4n) is 2.49. The molecule has 0 spiro atoms. The number of nitro benzene ring substituents is 1. The second kappa shape index (κ2) is 9.41. The van der Waals surface area contributed by atoms with E-state index < -0.39 is 16.7 Å². The lowest BCUT2D eigenvalue weighted by atomic mass is 10.1. The van der Waals surface area contributed by atoms with Crippen LogP contribution in [-0.4, -0.2) is 10.6 Å². The first-order valence-corrected chi connectivity index (χ1v) is 9.60. The Labute approximate surface area is 174 Å². The minimum Gasteiger partial charge on any atom is -0.258 e. The zero-order chi connectivity index (χ0) is 21.6. The molecule has 152 valence electrons. The van der Waals surface area contributed by atoms with E-state index in [1.807, 2.05) is 18.2 Å². The third-order valence-electron chi connectivity index (χ3n) is 3.99. The molecular weight excluding hydrogens is 413 g/mol. The van der Waals surface area contributed by atoms with E-state index in [0.29, 0.717) is 17.0 Å². The summed E-state index contributed by atoms with van der Waals surface area (Å²) in [5, 5.41) is 12.5. The van der Waals surface area contributed by atoms with Crippen LogP contribution in [0.3, 0.4) is 0 Å². The lowest BCUT2D eigenvalue weighted by molar-refractivity contribution is -0.384. The molecule has 0 aromatic heterocycles. The van der Waals surface area contributed by atoms with Crippen molar-refractivity contribution in [3.05, 3.63) is 112 Å². The molecule has 4 nitrogen and oxygen atoms in total. The summed E-state index contributed by atoms with van der Waals surface area (Å²) in [4.78, 5) is 15.6. The van der Waals surface area contributed by atoms with Gasteiger partial charge in [0.25, 0.3) is 5.69 Å². The van der Waals surface area contributed by atoms with E-state index in [1.165, 1.54) is 36.0 Å². The molecule has 0 aliphatic heterocycles. The molecule has 0 N–H and O–H groups in total. The number of halogens is 3. The summed E-state index contributed by atoms with van der Waals surface area (Å²) in [6, 6.07) is 19.9. The molecule has 0 amide bonds. The van der Waals surface area contributed by atoms with E-state index in [1.54, 1.807) is 35.7 Å². The minimum atomic E-state index is -4.41. The van der Waals surface area contributed by atoms with Gasteiger partial charge in [0.15, 0.2) is 0 Å². The zero-order valence-corrected chi connectivity index (χ0v) is 16.2. The Kier molecular flexibility index (Phi) is 6.68. The van der Waals surface area contributed by atoms with E-state index in [4.69, 9.17) is 0 Å². The van der Waals surface area contributed by atoms with Crippen LogP contribution in [0, 0.1) is 10.1 Å². The number of non-ortho nitro benzene ring substituents is 1. The van der Waals surface area contributed by atoms with Crippen LogP contribution >= 0.6 is 11.8 Å². The van der Waals surface area contributed by atoms with E-state index in [9.17, 15) is 23.3 Å². The highest BCUT2D eigenvalue weighted by molar-refractivity contribution is 8.02. The molecule has 0 bridgehead atoms. The SMILES string of the molecule is O=[N+]([O-])c1ccc(SC=CC(=Nc2ccccc2)c2ccc(C(F)(F)F)cc2)cc1. The molecule has 3 rings (SSSR count). The van der Waals surface area contributed by atoms with Crippen LogP contribution in [0.5, 0.6) is 0 Å². The fraction of sp³-hybridized carbons (Fsp3) is 0.0455. The first kappa shape index (κ1) is 21.3. The summed E-state index contributed by atoms with van der Waals surface area (Å²) in [7, 11) is 0. The van der Waals surface area contributed by atoms with Crippen LogP contribution in [0.4, 0.5) is 24.5 Å². The Hall–Kier alpha value is -3.39. The predicted octanol–water partition coefficient (Wildman–Crippen LogP) is 7.04. The average Bonchev–Trinajstić information content (AvgIpc) is 2.73. The molecule has 0 atom stereocenters. The molecule has 3 aromatic rings. The Morgan fingerprint density at radius 2 is 1.57 bits per heavy atom. The smallest absolute Gasteiger partial charge is 0.258 e. The second-order valence-corrected chi connectivity index (χ2v) is 7.06. The Morgan fingerprint density at radius 3 is 2.13 bits per heavy atom. The lowest BCUT2D eigenvalue weighted by Crippen LogP contribution is -2.05. The summed E-state index contributed by atoms with van der Waals surface area (Å²) >= 11 is 1.32. The van der Waals surface area contributed by atoms with Crippen LogP contribution in [0.1, 0.15) is 11.1 Å². The number of thioether (sulfide) groups is 1. The van der Waals surface area contributed by atoms with Crippen molar-refractivity contribution in [3.8, 4) is 0 Å². The standard InChI is InChI=1S/C22H15F3N2O2S/c23-22(24,25)17-8-6-16(7-9-17)21(26-18-4-2-1-3-5-18)14-15-30-20-12-10-19(11-13-20)27(28)29/h1-15H.